The molecule has 1 atom stereocenters. The second kappa shape index (κ2) is 4.75. The maximum absolute atomic E-state index is 13.4. The molecule has 0 aliphatic carbocycles. The highest BCUT2D eigenvalue weighted by Crippen LogP contribution is 2.20. The lowest BCUT2D eigenvalue weighted by Crippen LogP contribution is -2.26. The van der Waals surface area contributed by atoms with Gasteiger partial charge < -0.3 is 5.32 Å². The highest BCUT2D eigenvalue weighted by Gasteiger charge is 2.10. The highest BCUT2D eigenvalue weighted by atomic mass is 19.1. The van der Waals surface area contributed by atoms with Gasteiger partial charge >= 0.3 is 0 Å². The summed E-state index contributed by atoms with van der Waals surface area (Å²) in [6, 6.07) is 4.54. The summed E-state index contributed by atoms with van der Waals surface area (Å²) in [7, 11) is 0. The molecular formula is C13H20FN. The predicted octanol–water partition coefficient (Wildman–Crippen LogP) is 3.50. The van der Waals surface area contributed by atoms with Gasteiger partial charge in [0.1, 0.15) is 5.82 Å². The Morgan fingerprint density at radius 2 is 1.53 bits per heavy atom. The minimum Gasteiger partial charge on any atom is -0.308 e. The van der Waals surface area contributed by atoms with Gasteiger partial charge in [-0.2, -0.15) is 0 Å². The van der Waals surface area contributed by atoms with Crippen LogP contribution in [-0.4, -0.2) is 6.04 Å². The van der Waals surface area contributed by atoms with Crippen LogP contribution < -0.4 is 5.32 Å². The Morgan fingerprint density at radius 1 is 1.07 bits per heavy atom. The largest absolute Gasteiger partial charge is 0.308 e. The Kier molecular flexibility index (Phi) is 3.86. The van der Waals surface area contributed by atoms with Crippen molar-refractivity contribution < 1.29 is 4.39 Å². The summed E-state index contributed by atoms with van der Waals surface area (Å²) < 4.78 is 13.4. The third kappa shape index (κ3) is 3.03. The summed E-state index contributed by atoms with van der Waals surface area (Å²) in [5.41, 5.74) is 2.60. The van der Waals surface area contributed by atoms with Gasteiger partial charge in [-0.25, -0.2) is 4.39 Å². The zero-order valence-corrected chi connectivity index (χ0v) is 10.2. The normalized spacial score (nSPS) is 13.3. The van der Waals surface area contributed by atoms with Gasteiger partial charge in [-0.3, -0.25) is 0 Å². The first-order valence-electron chi connectivity index (χ1n) is 5.44. The second-order valence-corrected chi connectivity index (χ2v) is 4.51. The molecule has 0 aliphatic heterocycles. The van der Waals surface area contributed by atoms with Crippen molar-refractivity contribution in [2.45, 2.75) is 46.7 Å². The van der Waals surface area contributed by atoms with Crippen molar-refractivity contribution in [3.63, 3.8) is 0 Å². The van der Waals surface area contributed by atoms with Crippen LogP contribution >= 0.6 is 0 Å². The molecule has 84 valence electrons. The molecule has 0 aromatic heterocycles. The molecule has 0 fully saturated rings. The average molecular weight is 209 g/mol. The lowest BCUT2D eigenvalue weighted by atomic mass is 10.0. The van der Waals surface area contributed by atoms with Crippen LogP contribution in [-0.2, 0) is 0 Å². The fourth-order valence-corrected chi connectivity index (χ4v) is 1.83. The molecule has 2 heteroatoms. The standard InChI is InChI=1S/C13H20FN/c1-8(2)15-11(5)12-6-9(3)13(14)10(4)7-12/h6-8,11,15H,1-5H3. The molecule has 1 unspecified atom stereocenters. The molecular weight excluding hydrogens is 189 g/mol. The summed E-state index contributed by atoms with van der Waals surface area (Å²) in [6.07, 6.45) is 0. The third-order valence-corrected chi connectivity index (χ3v) is 2.54. The van der Waals surface area contributed by atoms with Crippen LogP contribution in [0, 0.1) is 19.7 Å². The van der Waals surface area contributed by atoms with Crippen molar-refractivity contribution in [3.05, 3.63) is 34.6 Å². The molecule has 1 N–H and O–H groups in total. The minimum absolute atomic E-state index is 0.0875. The van der Waals surface area contributed by atoms with Gasteiger partial charge in [0, 0.05) is 12.1 Å². The number of hydrogen-bond acceptors (Lipinski definition) is 1. The highest BCUT2D eigenvalue weighted by molar-refractivity contribution is 5.32. The molecule has 15 heavy (non-hydrogen) atoms. The van der Waals surface area contributed by atoms with E-state index >= 15 is 0 Å². The predicted molar refractivity (Wildman–Crippen MR) is 62.6 cm³/mol. The Labute approximate surface area is 91.7 Å². The van der Waals surface area contributed by atoms with Crippen LogP contribution in [0.1, 0.15) is 43.5 Å². The average Bonchev–Trinajstić information content (AvgIpc) is 2.12. The second-order valence-electron chi connectivity index (χ2n) is 4.51. The molecule has 0 bridgehead atoms. The van der Waals surface area contributed by atoms with Crippen LogP contribution in [0.4, 0.5) is 4.39 Å². The Bertz CT molecular complexity index is 321. The zero-order valence-electron chi connectivity index (χ0n) is 10.2. The zero-order chi connectivity index (χ0) is 11.6. The molecule has 1 aromatic rings. The topological polar surface area (TPSA) is 12.0 Å². The maximum Gasteiger partial charge on any atom is 0.129 e. The van der Waals surface area contributed by atoms with Crippen LogP contribution in [0.15, 0.2) is 12.1 Å². The minimum atomic E-state index is -0.0875. The fourth-order valence-electron chi connectivity index (χ4n) is 1.83. The van der Waals surface area contributed by atoms with E-state index in [4.69, 9.17) is 0 Å². The number of halogens is 1. The molecule has 0 saturated heterocycles. The van der Waals surface area contributed by atoms with E-state index in [1.165, 1.54) is 0 Å². The van der Waals surface area contributed by atoms with Gasteiger partial charge in [-0.05, 0) is 37.5 Å². The van der Waals surface area contributed by atoms with Gasteiger partial charge in [0.05, 0.1) is 0 Å². The van der Waals surface area contributed by atoms with Gasteiger partial charge in [-0.1, -0.05) is 26.0 Å². The van der Waals surface area contributed by atoms with Gasteiger partial charge in [0.15, 0.2) is 0 Å². The molecule has 0 saturated carbocycles. The number of rotatable bonds is 3. The summed E-state index contributed by atoms with van der Waals surface area (Å²) in [6.45, 7) is 9.95. The van der Waals surface area contributed by atoms with E-state index in [0.29, 0.717) is 6.04 Å². The van der Waals surface area contributed by atoms with E-state index in [-0.39, 0.29) is 11.9 Å². The quantitative estimate of drug-likeness (QED) is 0.803. The van der Waals surface area contributed by atoms with Gasteiger partial charge in [0.2, 0.25) is 0 Å². The van der Waals surface area contributed by atoms with Crippen molar-refractivity contribution in [1.29, 1.82) is 0 Å². The molecule has 0 radical (unpaired) electrons. The van der Waals surface area contributed by atoms with Gasteiger partial charge in [0.25, 0.3) is 0 Å². The number of benzene rings is 1. The lowest BCUT2D eigenvalue weighted by molar-refractivity contribution is 0.504. The first-order chi connectivity index (χ1) is 6.91. The molecule has 0 aliphatic rings. The molecule has 0 heterocycles. The van der Waals surface area contributed by atoms with E-state index in [1.54, 1.807) is 0 Å². The number of aryl methyl sites for hydroxylation is 2. The van der Waals surface area contributed by atoms with Crippen LogP contribution in [0.5, 0.6) is 0 Å². The van der Waals surface area contributed by atoms with E-state index in [1.807, 2.05) is 26.0 Å². The monoisotopic (exact) mass is 209 g/mol. The van der Waals surface area contributed by atoms with Crippen LogP contribution in [0.3, 0.4) is 0 Å². The Morgan fingerprint density at radius 3 is 1.93 bits per heavy atom. The third-order valence-electron chi connectivity index (χ3n) is 2.54. The van der Waals surface area contributed by atoms with Crippen molar-refractivity contribution in [2.75, 3.05) is 0 Å². The summed E-state index contributed by atoms with van der Waals surface area (Å²) >= 11 is 0. The molecule has 1 rings (SSSR count). The van der Waals surface area contributed by atoms with E-state index in [2.05, 4.69) is 26.1 Å². The first-order valence-corrected chi connectivity index (χ1v) is 5.44. The van der Waals surface area contributed by atoms with Crippen molar-refractivity contribution in [2.24, 2.45) is 0 Å². The van der Waals surface area contributed by atoms with Gasteiger partial charge in [-0.15, -0.1) is 0 Å². The SMILES string of the molecule is Cc1cc(C(C)NC(C)C)cc(C)c1F. The molecule has 0 amide bonds. The van der Waals surface area contributed by atoms with Crippen molar-refractivity contribution >= 4 is 0 Å². The lowest BCUT2D eigenvalue weighted by Gasteiger charge is -2.18. The molecule has 1 nitrogen and oxygen atoms in total. The Hall–Kier alpha value is -0.890. The number of hydrogen-bond donors (Lipinski definition) is 1. The van der Waals surface area contributed by atoms with E-state index in [9.17, 15) is 4.39 Å². The fraction of sp³-hybridized carbons (Fsp3) is 0.538. The summed E-state index contributed by atoms with van der Waals surface area (Å²) in [4.78, 5) is 0. The summed E-state index contributed by atoms with van der Waals surface area (Å²) in [5.74, 6) is -0.0875. The smallest absolute Gasteiger partial charge is 0.129 e. The van der Waals surface area contributed by atoms with Crippen molar-refractivity contribution in [3.8, 4) is 0 Å². The van der Waals surface area contributed by atoms with E-state index in [0.717, 1.165) is 16.7 Å². The van der Waals surface area contributed by atoms with Crippen LogP contribution in [0.25, 0.3) is 0 Å². The first kappa shape index (κ1) is 12.2. The van der Waals surface area contributed by atoms with Crippen molar-refractivity contribution in [1.82, 2.24) is 5.32 Å². The Balaban J connectivity index is 2.95. The maximum atomic E-state index is 13.4. The van der Waals surface area contributed by atoms with Crippen LogP contribution in [0.2, 0.25) is 0 Å². The molecule has 0 spiro atoms. The summed E-state index contributed by atoms with van der Waals surface area (Å²) in [5, 5.41) is 3.41. The van der Waals surface area contributed by atoms with E-state index < -0.39 is 0 Å². The number of nitrogens with one attached hydrogen (secondary N) is 1. The molecule has 1 aromatic carbocycles.